The van der Waals surface area contributed by atoms with Crippen LogP contribution in [0, 0.1) is 11.8 Å². The summed E-state index contributed by atoms with van der Waals surface area (Å²) < 4.78 is 5.01. The van der Waals surface area contributed by atoms with E-state index in [9.17, 15) is 9.59 Å². The van der Waals surface area contributed by atoms with Gasteiger partial charge in [0.1, 0.15) is 0 Å². The highest BCUT2D eigenvalue weighted by atomic mass is 16.5. The maximum Gasteiger partial charge on any atom is 0.317 e. The summed E-state index contributed by atoms with van der Waals surface area (Å²) in [4.78, 5) is 26.0. The molecular weight excluding hydrogens is 378 g/mol. The van der Waals surface area contributed by atoms with Crippen LogP contribution in [0.5, 0.6) is 0 Å². The van der Waals surface area contributed by atoms with E-state index >= 15 is 0 Å². The van der Waals surface area contributed by atoms with Gasteiger partial charge in [0.25, 0.3) is 0 Å². The van der Waals surface area contributed by atoms with Crippen molar-refractivity contribution in [1.82, 2.24) is 15.5 Å². The third kappa shape index (κ3) is 7.98. The minimum atomic E-state index is 0.0510. The van der Waals surface area contributed by atoms with Crippen LogP contribution in [0.15, 0.2) is 24.3 Å². The van der Waals surface area contributed by atoms with Crippen LogP contribution in [-0.4, -0.2) is 56.7 Å². The van der Waals surface area contributed by atoms with E-state index in [0.717, 1.165) is 57.7 Å². The fraction of sp³-hybridized carbons (Fsp3) is 0.667. The highest BCUT2D eigenvalue weighted by Gasteiger charge is 2.23. The highest BCUT2D eigenvalue weighted by Crippen LogP contribution is 2.27. The van der Waals surface area contributed by atoms with E-state index in [2.05, 4.69) is 34.9 Å². The van der Waals surface area contributed by atoms with E-state index in [-0.39, 0.29) is 11.9 Å². The van der Waals surface area contributed by atoms with Crippen LogP contribution in [0.25, 0.3) is 0 Å². The van der Waals surface area contributed by atoms with Crippen LogP contribution >= 0.6 is 0 Å². The standard InChI is InChI=1S/C24H37N3O3/c1-30-16-2-13-25-24(29)27-14-11-21(12-15-27)17-20-5-3-19(4-6-20)9-10-23(28)26-18-22-7-8-22/h3-6,21-22H,2,7-18H2,1H3,(H,25,29)(H,26,28). The predicted octanol–water partition coefficient (Wildman–Crippen LogP) is 3.15. The largest absolute Gasteiger partial charge is 0.385 e. The first kappa shape index (κ1) is 22.6. The Morgan fingerprint density at radius 2 is 1.70 bits per heavy atom. The average Bonchev–Trinajstić information content (AvgIpc) is 3.60. The van der Waals surface area contributed by atoms with E-state index in [0.29, 0.717) is 25.5 Å². The number of piperidine rings is 1. The van der Waals surface area contributed by atoms with Crippen molar-refractivity contribution in [3.05, 3.63) is 35.4 Å². The lowest BCUT2D eigenvalue weighted by molar-refractivity contribution is -0.121. The number of hydrogen-bond donors (Lipinski definition) is 2. The Bertz CT molecular complexity index is 665. The molecule has 2 fully saturated rings. The van der Waals surface area contributed by atoms with Gasteiger partial charge in [-0.3, -0.25) is 4.79 Å². The molecule has 1 heterocycles. The molecule has 0 aromatic heterocycles. The number of carbonyl (C=O) groups is 2. The number of carbonyl (C=O) groups excluding carboxylic acids is 2. The number of aryl methyl sites for hydroxylation is 1. The molecule has 6 heteroatoms. The number of amides is 3. The zero-order valence-electron chi connectivity index (χ0n) is 18.3. The van der Waals surface area contributed by atoms with Crippen molar-refractivity contribution in [2.24, 2.45) is 11.8 Å². The van der Waals surface area contributed by atoms with E-state index < -0.39 is 0 Å². The molecule has 2 aliphatic rings. The number of hydrogen-bond acceptors (Lipinski definition) is 3. The average molecular weight is 416 g/mol. The third-order valence-electron chi connectivity index (χ3n) is 6.18. The van der Waals surface area contributed by atoms with Crippen molar-refractivity contribution >= 4 is 11.9 Å². The van der Waals surface area contributed by atoms with E-state index in [4.69, 9.17) is 4.74 Å². The van der Waals surface area contributed by atoms with Crippen LogP contribution in [0.1, 0.15) is 49.7 Å². The molecule has 2 N–H and O–H groups in total. The van der Waals surface area contributed by atoms with Gasteiger partial charge >= 0.3 is 6.03 Å². The van der Waals surface area contributed by atoms with Crippen LogP contribution < -0.4 is 10.6 Å². The van der Waals surface area contributed by atoms with Gasteiger partial charge in [0.2, 0.25) is 5.91 Å². The zero-order valence-corrected chi connectivity index (χ0v) is 18.3. The predicted molar refractivity (Wildman–Crippen MR) is 118 cm³/mol. The van der Waals surface area contributed by atoms with Gasteiger partial charge in [-0.1, -0.05) is 24.3 Å². The second-order valence-corrected chi connectivity index (χ2v) is 8.78. The monoisotopic (exact) mass is 415 g/mol. The van der Waals surface area contributed by atoms with Gasteiger partial charge in [0, 0.05) is 46.3 Å². The molecule has 1 saturated carbocycles. The SMILES string of the molecule is COCCCNC(=O)N1CCC(Cc2ccc(CCC(=O)NCC3CC3)cc2)CC1. The molecule has 0 spiro atoms. The van der Waals surface area contributed by atoms with Crippen molar-refractivity contribution in [2.45, 2.75) is 51.4 Å². The molecule has 0 unspecified atom stereocenters. The number of methoxy groups -OCH3 is 1. The molecule has 30 heavy (non-hydrogen) atoms. The van der Waals surface area contributed by atoms with Gasteiger partial charge in [-0.25, -0.2) is 4.79 Å². The lowest BCUT2D eigenvalue weighted by atomic mass is 9.90. The van der Waals surface area contributed by atoms with E-state index in [1.54, 1.807) is 7.11 Å². The second kappa shape index (κ2) is 11.9. The summed E-state index contributed by atoms with van der Waals surface area (Å²) in [7, 11) is 1.68. The molecule has 166 valence electrons. The minimum absolute atomic E-state index is 0.0510. The lowest BCUT2D eigenvalue weighted by Gasteiger charge is -2.32. The zero-order chi connectivity index (χ0) is 21.2. The van der Waals surface area contributed by atoms with Crippen LogP contribution in [0.3, 0.4) is 0 Å². The first-order chi connectivity index (χ1) is 14.6. The number of rotatable bonds is 11. The number of urea groups is 1. The Labute approximate surface area is 180 Å². The maximum absolute atomic E-state index is 12.2. The molecular formula is C24H37N3O3. The summed E-state index contributed by atoms with van der Waals surface area (Å²) in [5.74, 6) is 1.53. The summed E-state index contributed by atoms with van der Waals surface area (Å²) in [6, 6.07) is 8.77. The smallest absolute Gasteiger partial charge is 0.317 e. The summed E-state index contributed by atoms with van der Waals surface area (Å²) in [5, 5.41) is 6.00. The second-order valence-electron chi connectivity index (χ2n) is 8.78. The number of nitrogens with one attached hydrogen (secondary N) is 2. The van der Waals surface area contributed by atoms with Gasteiger partial charge in [0.15, 0.2) is 0 Å². The van der Waals surface area contributed by atoms with Crippen molar-refractivity contribution in [2.75, 3.05) is 39.9 Å². The normalized spacial score (nSPS) is 17.0. The summed E-state index contributed by atoms with van der Waals surface area (Å²) in [6.45, 7) is 3.85. The Morgan fingerprint density at radius 3 is 2.37 bits per heavy atom. The third-order valence-corrected chi connectivity index (χ3v) is 6.18. The van der Waals surface area contributed by atoms with Crippen molar-refractivity contribution < 1.29 is 14.3 Å². The molecule has 1 saturated heterocycles. The molecule has 6 nitrogen and oxygen atoms in total. The van der Waals surface area contributed by atoms with Gasteiger partial charge in [-0.15, -0.1) is 0 Å². The number of likely N-dealkylation sites (tertiary alicyclic amines) is 1. The highest BCUT2D eigenvalue weighted by molar-refractivity contribution is 5.76. The fourth-order valence-electron chi connectivity index (χ4n) is 3.97. The van der Waals surface area contributed by atoms with Crippen molar-refractivity contribution in [3.63, 3.8) is 0 Å². The molecule has 0 radical (unpaired) electrons. The molecule has 0 atom stereocenters. The van der Waals surface area contributed by atoms with E-state index in [1.807, 2.05) is 4.90 Å². The topological polar surface area (TPSA) is 70.7 Å². The molecule has 1 aliphatic heterocycles. The Hall–Kier alpha value is -2.08. The number of nitrogens with zero attached hydrogens (tertiary/aromatic N) is 1. The van der Waals surface area contributed by atoms with Crippen molar-refractivity contribution in [1.29, 1.82) is 0 Å². The Balaban J connectivity index is 1.31. The molecule has 1 aliphatic carbocycles. The van der Waals surface area contributed by atoms with Crippen LogP contribution in [0.2, 0.25) is 0 Å². The maximum atomic E-state index is 12.2. The summed E-state index contributed by atoms with van der Waals surface area (Å²) >= 11 is 0. The number of ether oxygens (including phenoxy) is 1. The minimum Gasteiger partial charge on any atom is -0.385 e. The van der Waals surface area contributed by atoms with Gasteiger partial charge in [0.05, 0.1) is 0 Å². The van der Waals surface area contributed by atoms with E-state index in [1.165, 1.54) is 24.0 Å². The molecule has 1 aromatic rings. The fourth-order valence-corrected chi connectivity index (χ4v) is 3.97. The van der Waals surface area contributed by atoms with Crippen LogP contribution in [-0.2, 0) is 22.4 Å². The lowest BCUT2D eigenvalue weighted by Crippen LogP contribution is -2.45. The van der Waals surface area contributed by atoms with Crippen molar-refractivity contribution in [3.8, 4) is 0 Å². The van der Waals surface area contributed by atoms with Crippen LogP contribution in [0.4, 0.5) is 4.79 Å². The Kier molecular flexibility index (Phi) is 9.00. The first-order valence-corrected chi connectivity index (χ1v) is 11.5. The molecule has 3 amide bonds. The van der Waals surface area contributed by atoms with Gasteiger partial charge in [-0.2, -0.15) is 0 Å². The van der Waals surface area contributed by atoms with Gasteiger partial charge < -0.3 is 20.3 Å². The Morgan fingerprint density at radius 1 is 1.00 bits per heavy atom. The number of benzene rings is 1. The van der Waals surface area contributed by atoms with Gasteiger partial charge in [-0.05, 0) is 67.9 Å². The summed E-state index contributed by atoms with van der Waals surface area (Å²) in [6.07, 6.45) is 7.91. The molecule has 1 aromatic carbocycles. The quantitative estimate of drug-likeness (QED) is 0.546. The molecule has 0 bridgehead atoms. The summed E-state index contributed by atoms with van der Waals surface area (Å²) in [5.41, 5.74) is 2.57. The molecule has 3 rings (SSSR count). The first-order valence-electron chi connectivity index (χ1n) is 11.5.